The molecule has 1 unspecified atom stereocenters. The molecule has 1 saturated heterocycles. The molecular weight excluding hydrogens is 228 g/mol. The molecule has 1 N–H and O–H groups in total. The second-order valence-corrected chi connectivity index (χ2v) is 5.10. The molecule has 1 aliphatic heterocycles. The average Bonchev–Trinajstić information content (AvgIpc) is 2.37. The number of hydrogen-bond donors (Lipinski definition) is 1. The molecule has 2 rings (SSSR count). The average molecular weight is 248 g/mol. The SMILES string of the molecule is Cc1cccc(C(CC2CCOCC2)C(=O)O)c1. The summed E-state index contributed by atoms with van der Waals surface area (Å²) in [6, 6.07) is 7.84. The highest BCUT2D eigenvalue weighted by molar-refractivity contribution is 5.76. The molecule has 3 heteroatoms. The molecule has 0 spiro atoms. The minimum Gasteiger partial charge on any atom is -0.481 e. The van der Waals surface area contributed by atoms with Gasteiger partial charge >= 0.3 is 5.97 Å². The summed E-state index contributed by atoms with van der Waals surface area (Å²) in [5, 5.41) is 9.42. The lowest BCUT2D eigenvalue weighted by Crippen LogP contribution is -2.21. The van der Waals surface area contributed by atoms with Crippen LogP contribution < -0.4 is 0 Å². The van der Waals surface area contributed by atoms with Gasteiger partial charge in [0.2, 0.25) is 0 Å². The number of ether oxygens (including phenoxy) is 1. The van der Waals surface area contributed by atoms with E-state index in [-0.39, 0.29) is 5.92 Å². The van der Waals surface area contributed by atoms with Crippen LogP contribution in [0.1, 0.15) is 36.3 Å². The highest BCUT2D eigenvalue weighted by Gasteiger charge is 2.25. The number of benzene rings is 1. The van der Waals surface area contributed by atoms with Crippen LogP contribution in [0.4, 0.5) is 0 Å². The number of hydrogen-bond acceptors (Lipinski definition) is 2. The van der Waals surface area contributed by atoms with Crippen LogP contribution in [0.2, 0.25) is 0 Å². The van der Waals surface area contributed by atoms with Crippen molar-refractivity contribution < 1.29 is 14.6 Å². The second-order valence-electron chi connectivity index (χ2n) is 5.10. The van der Waals surface area contributed by atoms with Crippen molar-refractivity contribution in [2.75, 3.05) is 13.2 Å². The van der Waals surface area contributed by atoms with Gasteiger partial charge in [0.1, 0.15) is 0 Å². The van der Waals surface area contributed by atoms with Gasteiger partial charge in [0, 0.05) is 13.2 Å². The largest absolute Gasteiger partial charge is 0.481 e. The van der Waals surface area contributed by atoms with E-state index < -0.39 is 5.97 Å². The van der Waals surface area contributed by atoms with Crippen LogP contribution in [0.25, 0.3) is 0 Å². The minimum absolute atomic E-state index is 0.381. The maximum atomic E-state index is 11.5. The van der Waals surface area contributed by atoms with Gasteiger partial charge in [-0.15, -0.1) is 0 Å². The molecule has 18 heavy (non-hydrogen) atoms. The number of carboxylic acid groups (broad SMARTS) is 1. The maximum Gasteiger partial charge on any atom is 0.310 e. The van der Waals surface area contributed by atoms with Gasteiger partial charge in [-0.1, -0.05) is 29.8 Å². The normalized spacial score (nSPS) is 18.5. The highest BCUT2D eigenvalue weighted by atomic mass is 16.5. The molecule has 1 fully saturated rings. The lowest BCUT2D eigenvalue weighted by atomic mass is 9.85. The quantitative estimate of drug-likeness (QED) is 0.891. The lowest BCUT2D eigenvalue weighted by Gasteiger charge is -2.25. The molecule has 1 aromatic carbocycles. The van der Waals surface area contributed by atoms with Gasteiger partial charge in [-0.05, 0) is 37.7 Å². The molecule has 0 amide bonds. The van der Waals surface area contributed by atoms with E-state index in [0.717, 1.165) is 43.6 Å². The second kappa shape index (κ2) is 6.01. The van der Waals surface area contributed by atoms with Gasteiger partial charge in [-0.25, -0.2) is 0 Å². The van der Waals surface area contributed by atoms with Crippen LogP contribution in [-0.4, -0.2) is 24.3 Å². The van der Waals surface area contributed by atoms with E-state index >= 15 is 0 Å². The first-order valence-corrected chi connectivity index (χ1v) is 6.54. The van der Waals surface area contributed by atoms with Crippen molar-refractivity contribution in [2.45, 2.75) is 32.1 Å². The number of carbonyl (C=O) groups is 1. The summed E-state index contributed by atoms with van der Waals surface area (Å²) in [5.41, 5.74) is 2.04. The van der Waals surface area contributed by atoms with E-state index in [1.54, 1.807) is 0 Å². The number of aryl methyl sites for hydroxylation is 1. The van der Waals surface area contributed by atoms with E-state index in [1.165, 1.54) is 0 Å². The van der Waals surface area contributed by atoms with Crippen molar-refractivity contribution in [3.05, 3.63) is 35.4 Å². The zero-order chi connectivity index (χ0) is 13.0. The predicted octanol–water partition coefficient (Wildman–Crippen LogP) is 2.98. The molecule has 1 heterocycles. The van der Waals surface area contributed by atoms with Gasteiger partial charge in [0.25, 0.3) is 0 Å². The van der Waals surface area contributed by atoms with Crippen molar-refractivity contribution in [1.82, 2.24) is 0 Å². The summed E-state index contributed by atoms with van der Waals surface area (Å²) in [5.74, 6) is -0.625. The summed E-state index contributed by atoms with van der Waals surface area (Å²) in [6.07, 6.45) is 2.69. The molecule has 1 aliphatic rings. The third kappa shape index (κ3) is 3.33. The summed E-state index contributed by atoms with van der Waals surface area (Å²) >= 11 is 0. The van der Waals surface area contributed by atoms with Crippen LogP contribution in [-0.2, 0) is 9.53 Å². The monoisotopic (exact) mass is 248 g/mol. The van der Waals surface area contributed by atoms with Crippen molar-refractivity contribution in [1.29, 1.82) is 0 Å². The molecule has 98 valence electrons. The molecule has 0 saturated carbocycles. The fraction of sp³-hybridized carbons (Fsp3) is 0.533. The first-order valence-electron chi connectivity index (χ1n) is 6.54. The minimum atomic E-state index is -0.716. The molecule has 3 nitrogen and oxygen atoms in total. The van der Waals surface area contributed by atoms with E-state index in [0.29, 0.717) is 5.92 Å². The third-order valence-corrected chi connectivity index (χ3v) is 3.65. The Morgan fingerprint density at radius 2 is 2.17 bits per heavy atom. The van der Waals surface area contributed by atoms with Gasteiger partial charge in [-0.2, -0.15) is 0 Å². The van der Waals surface area contributed by atoms with Crippen LogP contribution >= 0.6 is 0 Å². The first-order chi connectivity index (χ1) is 8.66. The van der Waals surface area contributed by atoms with Gasteiger partial charge in [-0.3, -0.25) is 4.79 Å². The van der Waals surface area contributed by atoms with Crippen LogP contribution in [0.3, 0.4) is 0 Å². The fourth-order valence-corrected chi connectivity index (χ4v) is 2.58. The van der Waals surface area contributed by atoms with Crippen LogP contribution in [0.15, 0.2) is 24.3 Å². The number of aliphatic carboxylic acids is 1. The Labute approximate surface area is 108 Å². The molecule has 0 aliphatic carbocycles. The highest BCUT2D eigenvalue weighted by Crippen LogP contribution is 2.29. The van der Waals surface area contributed by atoms with E-state index in [2.05, 4.69) is 0 Å². The first kappa shape index (κ1) is 13.1. The molecular formula is C15H20O3. The van der Waals surface area contributed by atoms with Gasteiger partial charge in [0.05, 0.1) is 5.92 Å². The molecule has 1 aromatic rings. The zero-order valence-corrected chi connectivity index (χ0v) is 10.8. The topological polar surface area (TPSA) is 46.5 Å². The standard InChI is InChI=1S/C15H20O3/c1-11-3-2-4-13(9-11)14(15(16)17)10-12-5-7-18-8-6-12/h2-4,9,12,14H,5-8,10H2,1H3,(H,16,17). The number of rotatable bonds is 4. The Balaban J connectivity index is 2.10. The van der Waals surface area contributed by atoms with E-state index in [4.69, 9.17) is 4.74 Å². The summed E-state index contributed by atoms with van der Waals surface area (Å²) in [4.78, 5) is 11.5. The number of carboxylic acids is 1. The van der Waals surface area contributed by atoms with Crippen LogP contribution in [0.5, 0.6) is 0 Å². The summed E-state index contributed by atoms with van der Waals surface area (Å²) in [6.45, 7) is 3.53. The van der Waals surface area contributed by atoms with E-state index in [9.17, 15) is 9.90 Å². The molecule has 0 radical (unpaired) electrons. The van der Waals surface area contributed by atoms with Crippen LogP contribution in [0, 0.1) is 12.8 Å². The van der Waals surface area contributed by atoms with E-state index in [1.807, 2.05) is 31.2 Å². The smallest absolute Gasteiger partial charge is 0.310 e. The lowest BCUT2D eigenvalue weighted by molar-refractivity contribution is -0.139. The zero-order valence-electron chi connectivity index (χ0n) is 10.8. The fourth-order valence-electron chi connectivity index (χ4n) is 2.58. The van der Waals surface area contributed by atoms with Gasteiger partial charge in [0.15, 0.2) is 0 Å². The Morgan fingerprint density at radius 3 is 2.78 bits per heavy atom. The summed E-state index contributed by atoms with van der Waals surface area (Å²) < 4.78 is 5.32. The van der Waals surface area contributed by atoms with Gasteiger partial charge < -0.3 is 9.84 Å². The Bertz CT molecular complexity index is 408. The van der Waals surface area contributed by atoms with Crippen molar-refractivity contribution in [3.63, 3.8) is 0 Å². The Morgan fingerprint density at radius 1 is 1.44 bits per heavy atom. The third-order valence-electron chi connectivity index (χ3n) is 3.65. The van der Waals surface area contributed by atoms with Crippen molar-refractivity contribution in [2.24, 2.45) is 5.92 Å². The Hall–Kier alpha value is -1.35. The van der Waals surface area contributed by atoms with Crippen molar-refractivity contribution in [3.8, 4) is 0 Å². The van der Waals surface area contributed by atoms with Crippen molar-refractivity contribution >= 4 is 5.97 Å². The molecule has 1 atom stereocenters. The Kier molecular flexibility index (Phi) is 4.37. The molecule has 0 aromatic heterocycles. The predicted molar refractivity (Wildman–Crippen MR) is 69.7 cm³/mol. The maximum absolute atomic E-state index is 11.5. The molecule has 0 bridgehead atoms. The summed E-state index contributed by atoms with van der Waals surface area (Å²) in [7, 11) is 0.